The molecule has 20 heavy (non-hydrogen) atoms. The van der Waals surface area contributed by atoms with Gasteiger partial charge in [-0.2, -0.15) is 13.2 Å². The number of alkyl halides is 3. The molecule has 1 rings (SSSR count). The summed E-state index contributed by atoms with van der Waals surface area (Å²) in [5.41, 5.74) is -3.50. The molecule has 1 heterocycles. The average molecular weight is 291 g/mol. The van der Waals surface area contributed by atoms with E-state index in [4.69, 9.17) is 10.2 Å². The number of hydrogen-bond donors (Lipinski definition) is 2. The lowest BCUT2D eigenvalue weighted by atomic mass is 9.96. The molecule has 2 N–H and O–H groups in total. The van der Waals surface area contributed by atoms with E-state index in [1.807, 2.05) is 0 Å². The first-order valence-corrected chi connectivity index (χ1v) is 5.75. The van der Waals surface area contributed by atoms with Gasteiger partial charge in [-0.3, -0.25) is 4.98 Å². The second kappa shape index (κ2) is 5.89. The Hall–Kier alpha value is -2.12. The van der Waals surface area contributed by atoms with E-state index in [-0.39, 0.29) is 12.0 Å². The highest BCUT2D eigenvalue weighted by molar-refractivity contribution is 5.97. The Labute approximate surface area is 112 Å². The van der Waals surface area contributed by atoms with Gasteiger partial charge in [-0.25, -0.2) is 9.59 Å². The van der Waals surface area contributed by atoms with Crippen molar-refractivity contribution in [2.24, 2.45) is 0 Å². The maximum Gasteiger partial charge on any atom is 0.434 e. The lowest BCUT2D eigenvalue weighted by Crippen LogP contribution is -2.20. The number of nitrogens with zero attached hydrogens (tertiary/aromatic N) is 1. The SMILES string of the molecule is CCCCc1c(C(=O)O)cnc(C(F)(F)F)c1C(=O)O. The fourth-order valence-electron chi connectivity index (χ4n) is 1.79. The normalized spacial score (nSPS) is 11.4. The molecule has 1 aromatic heterocycles. The predicted molar refractivity (Wildman–Crippen MR) is 61.8 cm³/mol. The molecule has 0 aliphatic heterocycles. The highest BCUT2D eigenvalue weighted by atomic mass is 19.4. The number of aromatic nitrogens is 1. The number of carbonyl (C=O) groups is 2. The van der Waals surface area contributed by atoms with Gasteiger partial charge in [-0.05, 0) is 18.4 Å². The summed E-state index contributed by atoms with van der Waals surface area (Å²) < 4.78 is 38.3. The zero-order chi connectivity index (χ0) is 15.5. The Morgan fingerprint density at radius 3 is 2.25 bits per heavy atom. The Balaban J connectivity index is 3.61. The average Bonchev–Trinajstić information content (AvgIpc) is 2.33. The van der Waals surface area contributed by atoms with Crippen molar-refractivity contribution in [3.8, 4) is 0 Å². The van der Waals surface area contributed by atoms with Crippen LogP contribution in [0.3, 0.4) is 0 Å². The molecule has 0 spiro atoms. The zero-order valence-corrected chi connectivity index (χ0v) is 10.5. The Morgan fingerprint density at radius 2 is 1.85 bits per heavy atom. The number of halogens is 3. The molecule has 8 heteroatoms. The lowest BCUT2D eigenvalue weighted by Gasteiger charge is -2.15. The molecule has 0 amide bonds. The van der Waals surface area contributed by atoms with Gasteiger partial charge in [0.25, 0.3) is 0 Å². The Bertz CT molecular complexity index is 540. The molecule has 5 nitrogen and oxygen atoms in total. The molecule has 0 fully saturated rings. The number of carboxylic acid groups (broad SMARTS) is 2. The molecular formula is C12H12F3NO4. The van der Waals surface area contributed by atoms with Crippen LogP contribution in [0.4, 0.5) is 13.2 Å². The van der Waals surface area contributed by atoms with E-state index in [2.05, 4.69) is 4.98 Å². The highest BCUT2D eigenvalue weighted by Gasteiger charge is 2.39. The van der Waals surface area contributed by atoms with Crippen molar-refractivity contribution in [1.82, 2.24) is 4.98 Å². The minimum absolute atomic E-state index is 0.0641. The summed E-state index contributed by atoms with van der Waals surface area (Å²) in [6, 6.07) is 0. The lowest BCUT2D eigenvalue weighted by molar-refractivity contribution is -0.141. The topological polar surface area (TPSA) is 87.5 Å². The van der Waals surface area contributed by atoms with Crippen molar-refractivity contribution in [2.45, 2.75) is 32.4 Å². The van der Waals surface area contributed by atoms with Crippen molar-refractivity contribution >= 4 is 11.9 Å². The summed E-state index contributed by atoms with van der Waals surface area (Å²) in [4.78, 5) is 25.1. The number of pyridine rings is 1. The third-order valence-electron chi connectivity index (χ3n) is 2.68. The van der Waals surface area contributed by atoms with E-state index in [0.29, 0.717) is 19.0 Å². The molecule has 0 unspecified atom stereocenters. The Morgan fingerprint density at radius 1 is 1.25 bits per heavy atom. The molecule has 0 radical (unpaired) electrons. The van der Waals surface area contributed by atoms with Crippen LogP contribution >= 0.6 is 0 Å². The standard InChI is InChI=1S/C12H12F3NO4/c1-2-3-4-6-7(10(17)18)5-16-9(12(13,14)15)8(6)11(19)20/h5H,2-4H2,1H3,(H,17,18)(H,19,20). The third-order valence-corrected chi connectivity index (χ3v) is 2.68. The largest absolute Gasteiger partial charge is 0.478 e. The molecule has 0 saturated heterocycles. The van der Waals surface area contributed by atoms with Crippen molar-refractivity contribution in [2.75, 3.05) is 0 Å². The second-order valence-corrected chi connectivity index (χ2v) is 4.09. The van der Waals surface area contributed by atoms with Gasteiger partial charge in [0.2, 0.25) is 0 Å². The van der Waals surface area contributed by atoms with Gasteiger partial charge in [-0.15, -0.1) is 0 Å². The summed E-state index contributed by atoms with van der Waals surface area (Å²) in [6.07, 6.45) is -3.50. The molecule has 0 aliphatic rings. The molecule has 1 aromatic rings. The van der Waals surface area contributed by atoms with Crippen LogP contribution in [0, 0.1) is 0 Å². The van der Waals surface area contributed by atoms with Crippen LogP contribution in [0.25, 0.3) is 0 Å². The van der Waals surface area contributed by atoms with Crippen LogP contribution in [-0.2, 0) is 12.6 Å². The summed E-state index contributed by atoms with van der Waals surface area (Å²) in [5.74, 6) is -3.33. The van der Waals surface area contributed by atoms with E-state index in [9.17, 15) is 22.8 Å². The second-order valence-electron chi connectivity index (χ2n) is 4.09. The summed E-state index contributed by atoms with van der Waals surface area (Å²) >= 11 is 0. The first-order chi connectivity index (χ1) is 9.20. The van der Waals surface area contributed by atoms with Crippen LogP contribution in [0.5, 0.6) is 0 Å². The van der Waals surface area contributed by atoms with E-state index >= 15 is 0 Å². The van der Waals surface area contributed by atoms with Gasteiger partial charge >= 0.3 is 18.1 Å². The number of carboxylic acids is 2. The summed E-state index contributed by atoms with van der Waals surface area (Å²) in [6.45, 7) is 1.76. The van der Waals surface area contributed by atoms with Crippen molar-refractivity contribution < 1.29 is 33.0 Å². The fraction of sp³-hybridized carbons (Fsp3) is 0.417. The molecule has 0 aromatic carbocycles. The number of rotatable bonds is 5. The quantitative estimate of drug-likeness (QED) is 0.871. The van der Waals surface area contributed by atoms with Crippen molar-refractivity contribution in [1.29, 1.82) is 0 Å². The van der Waals surface area contributed by atoms with Crippen LogP contribution < -0.4 is 0 Å². The smallest absolute Gasteiger partial charge is 0.434 e. The van der Waals surface area contributed by atoms with Gasteiger partial charge in [0.15, 0.2) is 5.69 Å². The molecule has 0 bridgehead atoms. The van der Waals surface area contributed by atoms with E-state index in [0.717, 1.165) is 0 Å². The zero-order valence-electron chi connectivity index (χ0n) is 10.5. The predicted octanol–water partition coefficient (Wildman–Crippen LogP) is 2.84. The van der Waals surface area contributed by atoms with Crippen LogP contribution in [0.1, 0.15) is 51.7 Å². The first-order valence-electron chi connectivity index (χ1n) is 5.75. The van der Waals surface area contributed by atoms with Gasteiger partial charge in [0.05, 0.1) is 11.1 Å². The molecule has 0 aliphatic carbocycles. The maximum absolute atomic E-state index is 12.8. The van der Waals surface area contributed by atoms with Gasteiger partial charge < -0.3 is 10.2 Å². The number of unbranched alkanes of at least 4 members (excludes halogenated alkanes) is 1. The molecular weight excluding hydrogens is 279 g/mol. The molecule has 0 saturated carbocycles. The minimum atomic E-state index is -4.95. The molecule has 110 valence electrons. The summed E-state index contributed by atoms with van der Waals surface area (Å²) in [7, 11) is 0. The maximum atomic E-state index is 12.8. The minimum Gasteiger partial charge on any atom is -0.478 e. The highest BCUT2D eigenvalue weighted by Crippen LogP contribution is 2.33. The first kappa shape index (κ1) is 15.9. The van der Waals surface area contributed by atoms with Crippen molar-refractivity contribution in [3.05, 3.63) is 28.6 Å². The van der Waals surface area contributed by atoms with Gasteiger partial charge in [0.1, 0.15) is 0 Å². The van der Waals surface area contributed by atoms with Crippen LogP contribution in [0.15, 0.2) is 6.20 Å². The van der Waals surface area contributed by atoms with E-state index in [1.165, 1.54) is 0 Å². The van der Waals surface area contributed by atoms with E-state index in [1.54, 1.807) is 6.92 Å². The van der Waals surface area contributed by atoms with Gasteiger partial charge in [0, 0.05) is 6.20 Å². The van der Waals surface area contributed by atoms with Crippen molar-refractivity contribution in [3.63, 3.8) is 0 Å². The third kappa shape index (κ3) is 3.25. The fourth-order valence-corrected chi connectivity index (χ4v) is 1.79. The Kier molecular flexibility index (Phi) is 4.69. The monoisotopic (exact) mass is 291 g/mol. The summed E-state index contributed by atoms with van der Waals surface area (Å²) in [5, 5.41) is 17.9. The van der Waals surface area contributed by atoms with Crippen LogP contribution in [0.2, 0.25) is 0 Å². The number of hydrogen-bond acceptors (Lipinski definition) is 3. The number of aromatic carboxylic acids is 2. The van der Waals surface area contributed by atoms with Gasteiger partial charge in [-0.1, -0.05) is 13.3 Å². The molecule has 0 atom stereocenters. The van der Waals surface area contributed by atoms with E-state index < -0.39 is 34.9 Å². The van der Waals surface area contributed by atoms with Crippen LogP contribution in [-0.4, -0.2) is 27.1 Å².